The average molecular weight is 390 g/mol. The number of carbonyl (C=O) groups is 1. The molecule has 0 fully saturated rings. The predicted molar refractivity (Wildman–Crippen MR) is 106 cm³/mol. The number of halogens is 1. The number of amides is 1. The first-order valence-electron chi connectivity index (χ1n) is 8.96. The maximum absolute atomic E-state index is 13.5. The fourth-order valence-electron chi connectivity index (χ4n) is 3.96. The van der Waals surface area contributed by atoms with Crippen molar-refractivity contribution in [1.82, 2.24) is 14.5 Å². The molecule has 0 unspecified atom stereocenters. The van der Waals surface area contributed by atoms with Crippen LogP contribution in [0.4, 0.5) is 10.1 Å². The summed E-state index contributed by atoms with van der Waals surface area (Å²) in [6, 6.07) is 13.0. The lowest BCUT2D eigenvalue weighted by molar-refractivity contribution is -0.116. The largest absolute Gasteiger partial charge is 0.340 e. The lowest BCUT2D eigenvalue weighted by Gasteiger charge is -2.11. The number of nitrogens with zero attached hydrogens (tertiary/aromatic N) is 1. The molecule has 7 nitrogen and oxygen atoms in total. The fraction of sp³-hybridized carbons (Fsp3) is 0.0952. The Morgan fingerprint density at radius 2 is 1.69 bits per heavy atom. The minimum atomic E-state index is -0.751. The molecule has 0 saturated heterocycles. The Kier molecular flexibility index (Phi) is 3.57. The fourth-order valence-corrected chi connectivity index (χ4v) is 3.96. The summed E-state index contributed by atoms with van der Waals surface area (Å²) in [5, 5.41) is 3.07. The van der Waals surface area contributed by atoms with Gasteiger partial charge in [0.25, 0.3) is 5.56 Å². The van der Waals surface area contributed by atoms with Gasteiger partial charge in [-0.3, -0.25) is 19.1 Å². The second kappa shape index (κ2) is 6.03. The minimum Gasteiger partial charge on any atom is -0.340 e. The van der Waals surface area contributed by atoms with Gasteiger partial charge in [0.05, 0.1) is 17.0 Å². The van der Waals surface area contributed by atoms with E-state index < -0.39 is 23.0 Å². The number of carbonyl (C=O) groups excluding carboxylic acids is 1. The molecule has 0 bridgehead atoms. The van der Waals surface area contributed by atoms with Crippen LogP contribution < -0.4 is 16.6 Å². The van der Waals surface area contributed by atoms with Crippen LogP contribution in [-0.2, 0) is 11.8 Å². The zero-order chi connectivity index (χ0) is 20.3. The maximum Gasteiger partial charge on any atom is 0.329 e. The topological polar surface area (TPSA) is 99.8 Å². The molecule has 1 amide bonds. The van der Waals surface area contributed by atoms with E-state index in [1.54, 1.807) is 18.2 Å². The summed E-state index contributed by atoms with van der Waals surface area (Å²) >= 11 is 0. The number of hydrogen-bond donors (Lipinski definition) is 3. The van der Waals surface area contributed by atoms with Gasteiger partial charge in [-0.15, -0.1) is 0 Å². The van der Waals surface area contributed by atoms with Gasteiger partial charge in [-0.1, -0.05) is 18.2 Å². The summed E-state index contributed by atoms with van der Waals surface area (Å²) in [5.41, 5.74) is 2.08. The third kappa shape index (κ3) is 2.46. The van der Waals surface area contributed by atoms with Crippen molar-refractivity contribution in [3.05, 3.63) is 86.3 Å². The average Bonchev–Trinajstić information content (AvgIpc) is 3.24. The van der Waals surface area contributed by atoms with E-state index in [0.29, 0.717) is 28.2 Å². The number of fused-ring (bicyclic) bond motifs is 2. The molecule has 0 radical (unpaired) electrons. The number of aromatic nitrogens is 3. The van der Waals surface area contributed by atoms with E-state index in [0.717, 1.165) is 5.56 Å². The maximum atomic E-state index is 13.5. The van der Waals surface area contributed by atoms with Crippen molar-refractivity contribution in [2.24, 2.45) is 7.05 Å². The second-order valence-corrected chi connectivity index (χ2v) is 6.97. The quantitative estimate of drug-likeness (QED) is 0.490. The summed E-state index contributed by atoms with van der Waals surface area (Å²) in [6.45, 7) is 0. The number of rotatable bonds is 2. The van der Waals surface area contributed by atoms with E-state index in [-0.39, 0.29) is 11.3 Å². The SMILES string of the molecule is Cn1c(=O)[nH]c(=O)c2c([C@H]3C(=O)Nc4ccccc43)c(-c3ccc(F)cc3)[nH]c21. The van der Waals surface area contributed by atoms with E-state index in [4.69, 9.17) is 0 Å². The van der Waals surface area contributed by atoms with Crippen LogP contribution in [-0.4, -0.2) is 20.4 Å². The molecule has 1 aliphatic rings. The van der Waals surface area contributed by atoms with Crippen molar-refractivity contribution in [3.8, 4) is 11.3 Å². The third-order valence-corrected chi connectivity index (χ3v) is 5.32. The zero-order valence-electron chi connectivity index (χ0n) is 15.2. The molecule has 144 valence electrons. The first-order valence-corrected chi connectivity index (χ1v) is 8.96. The van der Waals surface area contributed by atoms with Crippen molar-refractivity contribution in [2.75, 3.05) is 5.32 Å². The molecule has 3 heterocycles. The highest BCUT2D eigenvalue weighted by molar-refractivity contribution is 6.08. The smallest absolute Gasteiger partial charge is 0.329 e. The van der Waals surface area contributed by atoms with Crippen LogP contribution in [0, 0.1) is 5.82 Å². The van der Waals surface area contributed by atoms with Gasteiger partial charge in [0, 0.05) is 18.3 Å². The van der Waals surface area contributed by atoms with Gasteiger partial charge < -0.3 is 10.3 Å². The van der Waals surface area contributed by atoms with Gasteiger partial charge in [-0.25, -0.2) is 9.18 Å². The monoisotopic (exact) mass is 390 g/mol. The number of hydrogen-bond acceptors (Lipinski definition) is 3. The highest BCUT2D eigenvalue weighted by Gasteiger charge is 2.37. The molecule has 29 heavy (non-hydrogen) atoms. The normalized spacial score (nSPS) is 15.5. The van der Waals surface area contributed by atoms with Crippen molar-refractivity contribution in [3.63, 3.8) is 0 Å². The Hall–Kier alpha value is -3.94. The van der Waals surface area contributed by atoms with Crippen molar-refractivity contribution < 1.29 is 9.18 Å². The Balaban J connectivity index is 1.91. The van der Waals surface area contributed by atoms with Crippen LogP contribution in [0.25, 0.3) is 22.3 Å². The Bertz CT molecular complexity index is 1410. The first kappa shape index (κ1) is 17.2. The molecule has 4 aromatic rings. The number of benzene rings is 2. The summed E-state index contributed by atoms with van der Waals surface area (Å²) in [7, 11) is 1.53. The van der Waals surface area contributed by atoms with Crippen LogP contribution in [0.3, 0.4) is 0 Å². The first-order chi connectivity index (χ1) is 14.0. The molecule has 5 rings (SSSR count). The molecular weight excluding hydrogens is 375 g/mol. The van der Waals surface area contributed by atoms with E-state index in [2.05, 4.69) is 15.3 Å². The lowest BCUT2D eigenvalue weighted by atomic mass is 9.89. The molecule has 0 aliphatic carbocycles. The molecule has 0 spiro atoms. The molecule has 0 saturated carbocycles. The number of anilines is 1. The second-order valence-electron chi connectivity index (χ2n) is 6.97. The van der Waals surface area contributed by atoms with Crippen molar-refractivity contribution in [2.45, 2.75) is 5.92 Å². The van der Waals surface area contributed by atoms with Crippen molar-refractivity contribution >= 4 is 22.6 Å². The van der Waals surface area contributed by atoms with E-state index in [9.17, 15) is 18.8 Å². The Morgan fingerprint density at radius 3 is 2.45 bits per heavy atom. The zero-order valence-corrected chi connectivity index (χ0v) is 15.2. The van der Waals surface area contributed by atoms with Crippen LogP contribution in [0.5, 0.6) is 0 Å². The van der Waals surface area contributed by atoms with Gasteiger partial charge in [0.1, 0.15) is 11.5 Å². The predicted octanol–water partition coefficient (Wildman–Crippen LogP) is 2.44. The number of H-pyrrole nitrogens is 2. The van der Waals surface area contributed by atoms with Gasteiger partial charge in [-0.05, 0) is 41.5 Å². The molecule has 1 atom stereocenters. The van der Waals surface area contributed by atoms with E-state index >= 15 is 0 Å². The van der Waals surface area contributed by atoms with Crippen LogP contribution in [0.2, 0.25) is 0 Å². The van der Waals surface area contributed by atoms with E-state index in [1.165, 1.54) is 23.7 Å². The summed E-state index contributed by atoms with van der Waals surface area (Å²) in [6.07, 6.45) is 0. The standard InChI is InChI=1S/C21H15FN4O3/c1-26-18-16(20(28)25-21(26)29)15(17(24-18)10-6-8-11(22)9-7-10)14-12-4-2-3-5-13(12)23-19(14)27/h2-9,14,24H,1H3,(H,23,27)(H,25,28,29)/t14-/m0/s1. The van der Waals surface area contributed by atoms with Gasteiger partial charge in [-0.2, -0.15) is 0 Å². The van der Waals surface area contributed by atoms with Crippen molar-refractivity contribution in [1.29, 1.82) is 0 Å². The number of aryl methyl sites for hydroxylation is 1. The van der Waals surface area contributed by atoms with Gasteiger partial charge in [0.2, 0.25) is 5.91 Å². The molecule has 3 N–H and O–H groups in total. The van der Waals surface area contributed by atoms with Crippen LogP contribution in [0.1, 0.15) is 17.0 Å². The minimum absolute atomic E-state index is 0.225. The lowest BCUT2D eigenvalue weighted by Crippen LogP contribution is -2.28. The molecule has 1 aliphatic heterocycles. The van der Waals surface area contributed by atoms with Gasteiger partial charge in [0.15, 0.2) is 0 Å². The molecular formula is C21H15FN4O3. The van der Waals surface area contributed by atoms with Crippen LogP contribution >= 0.6 is 0 Å². The summed E-state index contributed by atoms with van der Waals surface area (Å²) in [4.78, 5) is 43.2. The molecule has 2 aromatic heterocycles. The Labute approximate surface area is 162 Å². The summed E-state index contributed by atoms with van der Waals surface area (Å²) < 4.78 is 14.8. The highest BCUT2D eigenvalue weighted by atomic mass is 19.1. The molecule has 8 heteroatoms. The van der Waals surface area contributed by atoms with Gasteiger partial charge >= 0.3 is 5.69 Å². The molecule has 2 aromatic carbocycles. The number of aromatic amines is 2. The third-order valence-electron chi connectivity index (χ3n) is 5.32. The number of para-hydroxylation sites is 1. The number of nitrogens with one attached hydrogen (secondary N) is 3. The summed E-state index contributed by atoms with van der Waals surface area (Å²) in [5.74, 6) is -1.43. The van der Waals surface area contributed by atoms with Crippen LogP contribution in [0.15, 0.2) is 58.1 Å². The highest BCUT2D eigenvalue weighted by Crippen LogP contribution is 2.43. The van der Waals surface area contributed by atoms with E-state index in [1.807, 2.05) is 18.2 Å². The Morgan fingerprint density at radius 1 is 0.966 bits per heavy atom.